The van der Waals surface area contributed by atoms with Crippen LogP contribution in [0.25, 0.3) is 5.70 Å². The molecular weight excluding hydrogens is 410 g/mol. The van der Waals surface area contributed by atoms with Crippen molar-refractivity contribution in [3.8, 4) is 5.75 Å². The van der Waals surface area contributed by atoms with Crippen molar-refractivity contribution in [1.29, 1.82) is 0 Å². The third kappa shape index (κ3) is 5.89. The van der Waals surface area contributed by atoms with Gasteiger partial charge in [-0.1, -0.05) is 13.3 Å². The Balaban J connectivity index is 1.72. The maximum atomic E-state index is 6.43. The molecule has 0 saturated heterocycles. The van der Waals surface area contributed by atoms with E-state index in [1.807, 2.05) is 26.0 Å². The molecule has 2 aromatic rings. The molecule has 0 aliphatic heterocycles. The zero-order chi connectivity index (χ0) is 23.1. The van der Waals surface area contributed by atoms with Crippen LogP contribution in [-0.4, -0.2) is 46.9 Å². The number of aromatic nitrogens is 3. The van der Waals surface area contributed by atoms with E-state index in [2.05, 4.69) is 20.4 Å². The Kier molecular flexibility index (Phi) is 8.29. The van der Waals surface area contributed by atoms with Crippen LogP contribution in [-0.2, 0) is 4.74 Å². The van der Waals surface area contributed by atoms with Crippen LogP contribution >= 0.6 is 0 Å². The first-order valence-electron chi connectivity index (χ1n) is 11.1. The van der Waals surface area contributed by atoms with Gasteiger partial charge in [0.15, 0.2) is 0 Å². The van der Waals surface area contributed by atoms with Gasteiger partial charge in [0.2, 0.25) is 0 Å². The monoisotopic (exact) mass is 445 g/mol. The van der Waals surface area contributed by atoms with Crippen LogP contribution in [0, 0.1) is 6.92 Å². The topological polar surface area (TPSA) is 138 Å². The van der Waals surface area contributed by atoms with Crippen molar-refractivity contribution in [2.75, 3.05) is 26.0 Å². The lowest BCUT2D eigenvalue weighted by molar-refractivity contribution is 0.0706. The van der Waals surface area contributed by atoms with Gasteiger partial charge in [-0.3, -0.25) is 0 Å². The summed E-state index contributed by atoms with van der Waals surface area (Å²) in [4.78, 5) is 8.99. The molecule has 176 valence electrons. The highest BCUT2D eigenvalue weighted by molar-refractivity contribution is 5.64. The summed E-state index contributed by atoms with van der Waals surface area (Å²) in [6.45, 7) is 4.21. The first kappa shape index (κ1) is 23.8. The fraction of sp³-hybridized carbons (Fsp3) is 0.591. The summed E-state index contributed by atoms with van der Waals surface area (Å²) in [5.41, 5.74) is 8.97. The number of nitrogens with two attached hydrogens (primary N) is 2. The van der Waals surface area contributed by atoms with Crippen molar-refractivity contribution in [2.24, 2.45) is 11.6 Å². The predicted octanol–water partition coefficient (Wildman–Crippen LogP) is 3.13. The Hall–Kier alpha value is -2.85. The maximum Gasteiger partial charge on any atom is 0.263 e. The van der Waals surface area contributed by atoms with Gasteiger partial charge < -0.3 is 30.1 Å². The molecule has 0 amide bonds. The van der Waals surface area contributed by atoms with E-state index in [0.29, 0.717) is 35.5 Å². The van der Waals surface area contributed by atoms with Crippen molar-refractivity contribution in [3.63, 3.8) is 0 Å². The molecule has 1 atom stereocenters. The van der Waals surface area contributed by atoms with Gasteiger partial charge in [-0.05, 0) is 56.3 Å². The average molecular weight is 446 g/mol. The van der Waals surface area contributed by atoms with E-state index < -0.39 is 0 Å². The number of hydrazine groups is 1. The van der Waals surface area contributed by atoms with Gasteiger partial charge in [-0.2, -0.15) is 4.98 Å². The number of methoxy groups -OCH3 is 1. The summed E-state index contributed by atoms with van der Waals surface area (Å²) in [7, 11) is 3.33. The standard InChI is InChI=1S/C22H35N7O3/c1-5-18(30-4)21-27-22(28-32-21)25-13-17(29(3)24)20(23)16-11-12-19(14(2)26-16)31-15-9-7-6-8-10-15/h11-12,15,18H,5-10,13,23-24H2,1-4H3,(H,25,28)/b20-17-. The van der Waals surface area contributed by atoms with Crippen molar-refractivity contribution >= 4 is 11.6 Å². The Morgan fingerprint density at radius 1 is 1.28 bits per heavy atom. The van der Waals surface area contributed by atoms with Crippen LogP contribution in [0.15, 0.2) is 22.4 Å². The second-order valence-electron chi connectivity index (χ2n) is 8.07. The van der Waals surface area contributed by atoms with E-state index in [-0.39, 0.29) is 12.2 Å². The summed E-state index contributed by atoms with van der Waals surface area (Å²) >= 11 is 0. The van der Waals surface area contributed by atoms with Gasteiger partial charge in [0, 0.05) is 14.2 Å². The highest BCUT2D eigenvalue weighted by Crippen LogP contribution is 2.26. The number of rotatable bonds is 10. The molecule has 0 bridgehead atoms. The molecule has 5 N–H and O–H groups in total. The number of ether oxygens (including phenoxy) is 2. The Morgan fingerprint density at radius 3 is 2.66 bits per heavy atom. The van der Waals surface area contributed by atoms with E-state index in [4.69, 9.17) is 25.6 Å². The molecule has 2 heterocycles. The first-order chi connectivity index (χ1) is 15.4. The van der Waals surface area contributed by atoms with E-state index in [1.165, 1.54) is 24.3 Å². The number of pyridine rings is 1. The van der Waals surface area contributed by atoms with E-state index in [9.17, 15) is 0 Å². The van der Waals surface area contributed by atoms with Crippen LogP contribution in [0.5, 0.6) is 5.75 Å². The zero-order valence-electron chi connectivity index (χ0n) is 19.4. The van der Waals surface area contributed by atoms with Crippen molar-refractivity contribution < 1.29 is 14.0 Å². The highest BCUT2D eigenvalue weighted by Gasteiger charge is 2.19. The van der Waals surface area contributed by atoms with Gasteiger partial charge in [0.05, 0.1) is 35.4 Å². The fourth-order valence-corrected chi connectivity index (χ4v) is 3.79. The second kappa shape index (κ2) is 11.1. The average Bonchev–Trinajstić information content (AvgIpc) is 3.25. The molecule has 1 unspecified atom stereocenters. The van der Waals surface area contributed by atoms with E-state index in [0.717, 1.165) is 30.7 Å². The maximum absolute atomic E-state index is 6.43. The van der Waals surface area contributed by atoms with Gasteiger partial charge >= 0.3 is 0 Å². The molecule has 10 nitrogen and oxygen atoms in total. The number of likely N-dealkylation sites (N-methyl/N-ethyl adjacent to an activating group) is 1. The molecule has 32 heavy (non-hydrogen) atoms. The minimum Gasteiger partial charge on any atom is -0.489 e. The smallest absolute Gasteiger partial charge is 0.263 e. The number of aryl methyl sites for hydroxylation is 1. The summed E-state index contributed by atoms with van der Waals surface area (Å²) in [6.07, 6.45) is 6.67. The summed E-state index contributed by atoms with van der Waals surface area (Å²) in [5.74, 6) is 7.60. The van der Waals surface area contributed by atoms with Crippen LogP contribution in [0.2, 0.25) is 0 Å². The molecular formula is C22H35N7O3. The molecule has 3 rings (SSSR count). The minimum absolute atomic E-state index is 0.239. The number of nitrogens with one attached hydrogen (secondary N) is 1. The number of nitrogens with zero attached hydrogens (tertiary/aromatic N) is 4. The van der Waals surface area contributed by atoms with Gasteiger partial charge in [0.1, 0.15) is 11.9 Å². The molecule has 0 aromatic carbocycles. The van der Waals surface area contributed by atoms with Gasteiger partial charge in [-0.15, -0.1) is 0 Å². The SMILES string of the molecule is CCC(OC)c1nc(NC/C(=C(/N)c2ccc(OC3CCCCC3)c(C)n2)N(C)N)no1. The quantitative estimate of drug-likeness (QED) is 0.369. The van der Waals surface area contributed by atoms with Gasteiger partial charge in [0.25, 0.3) is 11.8 Å². The Labute approximate surface area is 189 Å². The molecule has 1 aliphatic rings. The lowest BCUT2D eigenvalue weighted by Crippen LogP contribution is -2.32. The first-order valence-corrected chi connectivity index (χ1v) is 11.1. The lowest BCUT2D eigenvalue weighted by atomic mass is 9.98. The zero-order valence-corrected chi connectivity index (χ0v) is 19.4. The predicted molar refractivity (Wildman–Crippen MR) is 122 cm³/mol. The molecule has 0 radical (unpaired) electrons. The van der Waals surface area contributed by atoms with Crippen LogP contribution in [0.3, 0.4) is 0 Å². The van der Waals surface area contributed by atoms with Crippen LogP contribution < -0.4 is 21.6 Å². The number of anilines is 1. The minimum atomic E-state index is -0.239. The molecule has 0 spiro atoms. The highest BCUT2D eigenvalue weighted by atomic mass is 16.5. The molecule has 2 aromatic heterocycles. The summed E-state index contributed by atoms with van der Waals surface area (Å²) < 4.78 is 16.8. The summed E-state index contributed by atoms with van der Waals surface area (Å²) in [6, 6.07) is 3.79. The van der Waals surface area contributed by atoms with Gasteiger partial charge in [-0.25, -0.2) is 10.8 Å². The lowest BCUT2D eigenvalue weighted by Gasteiger charge is -2.24. The van der Waals surface area contributed by atoms with E-state index >= 15 is 0 Å². The fourth-order valence-electron chi connectivity index (χ4n) is 3.79. The van der Waals surface area contributed by atoms with Crippen LogP contribution in [0.1, 0.15) is 68.8 Å². The molecule has 1 fully saturated rings. The number of hydrogen-bond acceptors (Lipinski definition) is 10. The number of hydrogen-bond donors (Lipinski definition) is 3. The molecule has 1 aliphatic carbocycles. The molecule has 1 saturated carbocycles. The van der Waals surface area contributed by atoms with Crippen molar-refractivity contribution in [2.45, 2.75) is 64.6 Å². The Morgan fingerprint density at radius 2 is 2.03 bits per heavy atom. The normalized spacial score (nSPS) is 16.4. The largest absolute Gasteiger partial charge is 0.489 e. The third-order valence-corrected chi connectivity index (χ3v) is 5.68. The van der Waals surface area contributed by atoms with Crippen molar-refractivity contribution in [3.05, 3.63) is 35.1 Å². The third-order valence-electron chi connectivity index (χ3n) is 5.68. The van der Waals surface area contributed by atoms with Crippen molar-refractivity contribution in [1.82, 2.24) is 20.1 Å². The second-order valence-corrected chi connectivity index (χ2v) is 8.07. The Bertz CT molecular complexity index is 903. The molecule has 10 heteroatoms. The van der Waals surface area contributed by atoms with Crippen LogP contribution in [0.4, 0.5) is 5.95 Å². The summed E-state index contributed by atoms with van der Waals surface area (Å²) in [5, 5.41) is 8.50. The van der Waals surface area contributed by atoms with E-state index in [1.54, 1.807) is 14.2 Å².